The molecular formula is C23H21F3N2O3. The number of amides is 1. The van der Waals surface area contributed by atoms with Gasteiger partial charge in [-0.25, -0.2) is 0 Å². The van der Waals surface area contributed by atoms with Gasteiger partial charge in [-0.3, -0.25) is 4.79 Å². The van der Waals surface area contributed by atoms with Crippen LogP contribution >= 0.6 is 0 Å². The van der Waals surface area contributed by atoms with Crippen LogP contribution in [0.1, 0.15) is 15.9 Å². The highest BCUT2D eigenvalue weighted by molar-refractivity contribution is 6.00. The molecule has 162 valence electrons. The lowest BCUT2D eigenvalue weighted by atomic mass is 10.0. The summed E-state index contributed by atoms with van der Waals surface area (Å²) >= 11 is 0. The fraction of sp³-hybridized carbons (Fsp3) is 0.261. The number of nitrogens with two attached hydrogens (primary N) is 1. The van der Waals surface area contributed by atoms with Crippen molar-refractivity contribution in [2.24, 2.45) is 11.7 Å². The zero-order valence-electron chi connectivity index (χ0n) is 16.5. The molecule has 1 saturated heterocycles. The van der Waals surface area contributed by atoms with E-state index in [2.05, 4.69) is 5.32 Å². The topological polar surface area (TPSA) is 73.6 Å². The monoisotopic (exact) mass is 430 g/mol. The third-order valence-corrected chi connectivity index (χ3v) is 5.33. The van der Waals surface area contributed by atoms with Crippen LogP contribution < -0.4 is 15.8 Å². The molecule has 0 saturated carbocycles. The summed E-state index contributed by atoms with van der Waals surface area (Å²) in [5.74, 6) is 0.644. The Hall–Kier alpha value is -3.10. The summed E-state index contributed by atoms with van der Waals surface area (Å²) in [4.78, 5) is 12.7. The predicted molar refractivity (Wildman–Crippen MR) is 110 cm³/mol. The van der Waals surface area contributed by atoms with Crippen molar-refractivity contribution in [3.8, 4) is 11.5 Å². The van der Waals surface area contributed by atoms with Crippen molar-refractivity contribution in [1.29, 1.82) is 0 Å². The molecule has 1 aliphatic rings. The number of carbonyl (C=O) groups is 1. The van der Waals surface area contributed by atoms with Crippen molar-refractivity contribution >= 4 is 16.7 Å². The zero-order chi connectivity index (χ0) is 22.0. The second-order valence-electron chi connectivity index (χ2n) is 7.43. The maximum absolute atomic E-state index is 12.7. The van der Waals surface area contributed by atoms with E-state index >= 15 is 0 Å². The smallest absolute Gasteiger partial charge is 0.416 e. The quantitative estimate of drug-likeness (QED) is 0.631. The van der Waals surface area contributed by atoms with Gasteiger partial charge in [0.1, 0.15) is 11.5 Å². The van der Waals surface area contributed by atoms with Crippen LogP contribution in [0.4, 0.5) is 13.2 Å². The third kappa shape index (κ3) is 4.65. The largest absolute Gasteiger partial charge is 0.457 e. The van der Waals surface area contributed by atoms with Gasteiger partial charge in [-0.05, 0) is 60.5 Å². The van der Waals surface area contributed by atoms with Crippen LogP contribution in [-0.4, -0.2) is 31.7 Å². The summed E-state index contributed by atoms with van der Waals surface area (Å²) < 4.78 is 49.4. The van der Waals surface area contributed by atoms with Crippen LogP contribution in [0, 0.1) is 5.92 Å². The van der Waals surface area contributed by atoms with Gasteiger partial charge in [-0.15, -0.1) is 0 Å². The summed E-state index contributed by atoms with van der Waals surface area (Å²) in [6, 6.07) is 14.9. The van der Waals surface area contributed by atoms with Crippen LogP contribution in [-0.2, 0) is 10.9 Å². The SMILES string of the molecule is NCC1COC[C@@H]1NC(=O)c1ccc2c(Oc3ccc(C(F)(F)F)cc3)cccc2c1. The van der Waals surface area contributed by atoms with E-state index in [9.17, 15) is 18.0 Å². The first-order valence-electron chi connectivity index (χ1n) is 9.82. The normalized spacial score (nSPS) is 18.8. The number of hydrogen-bond acceptors (Lipinski definition) is 4. The second-order valence-corrected chi connectivity index (χ2v) is 7.43. The van der Waals surface area contributed by atoms with Crippen LogP contribution in [0.2, 0.25) is 0 Å². The van der Waals surface area contributed by atoms with Crippen LogP contribution in [0.15, 0.2) is 60.7 Å². The lowest BCUT2D eigenvalue weighted by Gasteiger charge is -2.17. The lowest BCUT2D eigenvalue weighted by Crippen LogP contribution is -2.42. The fourth-order valence-electron chi connectivity index (χ4n) is 3.57. The van der Waals surface area contributed by atoms with Crippen molar-refractivity contribution in [2.75, 3.05) is 19.8 Å². The minimum absolute atomic E-state index is 0.0909. The molecular weight excluding hydrogens is 409 g/mol. The molecule has 3 aromatic rings. The molecule has 2 atom stereocenters. The number of benzene rings is 3. The number of fused-ring (bicyclic) bond motifs is 1. The fourth-order valence-corrected chi connectivity index (χ4v) is 3.57. The second kappa shape index (κ2) is 8.56. The number of nitrogens with one attached hydrogen (secondary N) is 1. The highest BCUT2D eigenvalue weighted by Gasteiger charge is 2.30. The summed E-state index contributed by atoms with van der Waals surface area (Å²) in [6.45, 7) is 1.41. The number of halogens is 3. The minimum atomic E-state index is -4.40. The van der Waals surface area contributed by atoms with E-state index in [-0.39, 0.29) is 23.6 Å². The van der Waals surface area contributed by atoms with Crippen molar-refractivity contribution in [3.05, 3.63) is 71.8 Å². The molecule has 0 spiro atoms. The lowest BCUT2D eigenvalue weighted by molar-refractivity contribution is -0.137. The van der Waals surface area contributed by atoms with Gasteiger partial charge in [0, 0.05) is 16.9 Å². The maximum Gasteiger partial charge on any atom is 0.416 e. The van der Waals surface area contributed by atoms with Gasteiger partial charge in [0.15, 0.2) is 0 Å². The minimum Gasteiger partial charge on any atom is -0.457 e. The predicted octanol–water partition coefficient (Wildman–Crippen LogP) is 4.35. The highest BCUT2D eigenvalue weighted by Crippen LogP contribution is 2.33. The molecule has 0 bridgehead atoms. The Morgan fingerprint density at radius 2 is 1.87 bits per heavy atom. The molecule has 8 heteroatoms. The third-order valence-electron chi connectivity index (χ3n) is 5.33. The molecule has 1 fully saturated rings. The molecule has 1 unspecified atom stereocenters. The van der Waals surface area contributed by atoms with Crippen molar-refractivity contribution in [3.63, 3.8) is 0 Å². The highest BCUT2D eigenvalue weighted by atomic mass is 19.4. The summed E-state index contributed by atoms with van der Waals surface area (Å²) in [5, 5.41) is 4.48. The molecule has 5 nitrogen and oxygen atoms in total. The van der Waals surface area contributed by atoms with E-state index in [0.29, 0.717) is 31.1 Å². The first-order chi connectivity index (χ1) is 14.8. The number of alkyl halides is 3. The molecule has 1 aliphatic heterocycles. The number of carbonyl (C=O) groups excluding carboxylic acids is 1. The number of hydrogen-bond donors (Lipinski definition) is 2. The van der Waals surface area contributed by atoms with Crippen LogP contribution in [0.3, 0.4) is 0 Å². The first kappa shape index (κ1) is 21.1. The van der Waals surface area contributed by atoms with Gasteiger partial charge in [0.05, 0.1) is 24.8 Å². The number of rotatable bonds is 5. The van der Waals surface area contributed by atoms with E-state index < -0.39 is 11.7 Å². The Morgan fingerprint density at radius 1 is 1.10 bits per heavy atom. The average Bonchev–Trinajstić information content (AvgIpc) is 3.20. The van der Waals surface area contributed by atoms with E-state index in [4.69, 9.17) is 15.2 Å². The van der Waals surface area contributed by atoms with Crippen molar-refractivity contribution < 1.29 is 27.4 Å². The molecule has 31 heavy (non-hydrogen) atoms. The van der Waals surface area contributed by atoms with Crippen molar-refractivity contribution in [2.45, 2.75) is 12.2 Å². The molecule has 4 rings (SSSR count). The Morgan fingerprint density at radius 3 is 2.58 bits per heavy atom. The Kier molecular flexibility index (Phi) is 5.84. The molecule has 3 aromatic carbocycles. The van der Waals surface area contributed by atoms with Gasteiger partial charge >= 0.3 is 6.18 Å². The Labute approximate surface area is 176 Å². The molecule has 3 N–H and O–H groups in total. The maximum atomic E-state index is 12.7. The van der Waals surface area contributed by atoms with E-state index in [1.807, 2.05) is 6.07 Å². The first-order valence-corrected chi connectivity index (χ1v) is 9.82. The van der Waals surface area contributed by atoms with Gasteiger partial charge in [0.2, 0.25) is 0 Å². The van der Waals surface area contributed by atoms with E-state index in [1.165, 1.54) is 12.1 Å². The molecule has 0 radical (unpaired) electrons. The standard InChI is InChI=1S/C23H21F3N2O3/c24-23(25,26)17-5-7-18(8-6-17)31-21-3-1-2-14-10-15(4-9-19(14)21)22(29)28-20-13-30-12-16(20)11-27/h1-10,16,20H,11-13,27H2,(H,28,29)/t16?,20-/m0/s1. The number of ether oxygens (including phenoxy) is 2. The van der Waals surface area contributed by atoms with Gasteiger partial charge < -0.3 is 20.5 Å². The van der Waals surface area contributed by atoms with Gasteiger partial charge in [0.25, 0.3) is 5.91 Å². The molecule has 0 aromatic heterocycles. The summed E-state index contributed by atoms with van der Waals surface area (Å²) in [6.07, 6.45) is -4.40. The summed E-state index contributed by atoms with van der Waals surface area (Å²) in [5.41, 5.74) is 5.47. The molecule has 0 aliphatic carbocycles. The zero-order valence-corrected chi connectivity index (χ0v) is 16.5. The average molecular weight is 430 g/mol. The van der Waals surface area contributed by atoms with Crippen LogP contribution in [0.5, 0.6) is 11.5 Å². The van der Waals surface area contributed by atoms with Gasteiger partial charge in [-0.1, -0.05) is 12.1 Å². The molecule has 1 amide bonds. The molecule has 1 heterocycles. The Bertz CT molecular complexity index is 1080. The van der Waals surface area contributed by atoms with Crippen LogP contribution in [0.25, 0.3) is 10.8 Å². The van der Waals surface area contributed by atoms with E-state index in [1.54, 1.807) is 30.3 Å². The van der Waals surface area contributed by atoms with Crippen molar-refractivity contribution in [1.82, 2.24) is 5.32 Å². The Balaban J connectivity index is 1.53. The van der Waals surface area contributed by atoms with E-state index in [0.717, 1.165) is 22.9 Å². The summed E-state index contributed by atoms with van der Waals surface area (Å²) in [7, 11) is 0. The van der Waals surface area contributed by atoms with Gasteiger partial charge in [-0.2, -0.15) is 13.2 Å².